The van der Waals surface area contributed by atoms with Gasteiger partial charge in [0.25, 0.3) is 0 Å². The van der Waals surface area contributed by atoms with Crippen molar-refractivity contribution in [2.24, 2.45) is 0 Å². The van der Waals surface area contributed by atoms with Crippen molar-refractivity contribution < 1.29 is 19.8 Å². The Hall–Kier alpha value is -2.62. The van der Waals surface area contributed by atoms with Crippen LogP contribution in [0.5, 0.6) is 5.75 Å². The Kier molecular flexibility index (Phi) is 4.72. The average molecular weight is 284 g/mol. The molecule has 2 N–H and O–H groups in total. The van der Waals surface area contributed by atoms with Crippen molar-refractivity contribution in [1.29, 1.82) is 0 Å². The summed E-state index contributed by atoms with van der Waals surface area (Å²) in [5.74, 6) is -1.70. The van der Waals surface area contributed by atoms with Crippen LogP contribution in [0, 0.1) is 0 Å². The highest BCUT2D eigenvalue weighted by atomic mass is 16.4. The van der Waals surface area contributed by atoms with Gasteiger partial charge in [0, 0.05) is 12.3 Å². The number of benzene rings is 2. The fourth-order valence-corrected chi connectivity index (χ4v) is 2.29. The Morgan fingerprint density at radius 2 is 1.52 bits per heavy atom. The van der Waals surface area contributed by atoms with Crippen molar-refractivity contribution in [3.63, 3.8) is 0 Å². The van der Waals surface area contributed by atoms with Gasteiger partial charge < -0.3 is 10.2 Å². The van der Waals surface area contributed by atoms with Crippen LogP contribution in [-0.2, 0) is 4.79 Å². The predicted molar refractivity (Wildman–Crippen MR) is 78.5 cm³/mol. The summed E-state index contributed by atoms with van der Waals surface area (Å²) >= 11 is 0. The average Bonchev–Trinajstić information content (AvgIpc) is 2.47. The molecule has 21 heavy (non-hydrogen) atoms. The molecule has 0 spiro atoms. The molecule has 108 valence electrons. The number of ketones is 1. The van der Waals surface area contributed by atoms with E-state index in [0.29, 0.717) is 0 Å². The Labute approximate surface area is 122 Å². The lowest BCUT2D eigenvalue weighted by Gasteiger charge is -2.15. The molecule has 0 aliphatic carbocycles. The van der Waals surface area contributed by atoms with Gasteiger partial charge in [-0.1, -0.05) is 42.5 Å². The lowest BCUT2D eigenvalue weighted by atomic mass is 9.89. The summed E-state index contributed by atoms with van der Waals surface area (Å²) in [4.78, 5) is 23.3. The normalized spacial score (nSPS) is 11.8. The lowest BCUT2D eigenvalue weighted by molar-refractivity contribution is -0.137. The smallest absolute Gasteiger partial charge is 0.303 e. The summed E-state index contributed by atoms with van der Waals surface area (Å²) in [7, 11) is 0. The monoisotopic (exact) mass is 284 g/mol. The van der Waals surface area contributed by atoms with E-state index >= 15 is 0 Å². The Balaban J connectivity index is 2.21. The molecule has 2 rings (SSSR count). The van der Waals surface area contributed by atoms with Crippen LogP contribution < -0.4 is 0 Å². The molecule has 0 radical (unpaired) electrons. The molecule has 0 fully saturated rings. The summed E-state index contributed by atoms with van der Waals surface area (Å²) < 4.78 is 0. The third-order valence-electron chi connectivity index (χ3n) is 3.33. The van der Waals surface area contributed by atoms with Crippen LogP contribution >= 0.6 is 0 Å². The Bertz CT molecular complexity index is 634. The molecule has 0 heterocycles. The highest BCUT2D eigenvalue weighted by Crippen LogP contribution is 2.27. The summed E-state index contributed by atoms with van der Waals surface area (Å²) in [6.45, 7) is 0. The SMILES string of the molecule is O=C(O)C[C@@H](CC(=O)c1ccccc1O)c1ccccc1. The Morgan fingerprint density at radius 3 is 2.14 bits per heavy atom. The number of phenols is 1. The van der Waals surface area contributed by atoms with Gasteiger partial charge in [0.2, 0.25) is 0 Å². The number of carbonyl (C=O) groups is 2. The number of phenolic OH excluding ortho intramolecular Hbond substituents is 1. The van der Waals surface area contributed by atoms with Crippen LogP contribution in [0.15, 0.2) is 54.6 Å². The maximum Gasteiger partial charge on any atom is 0.303 e. The van der Waals surface area contributed by atoms with Gasteiger partial charge in [-0.2, -0.15) is 0 Å². The lowest BCUT2D eigenvalue weighted by Crippen LogP contribution is -2.12. The minimum absolute atomic E-state index is 0.0495. The van der Waals surface area contributed by atoms with Crippen molar-refractivity contribution in [2.75, 3.05) is 0 Å². The molecule has 2 aromatic rings. The molecule has 0 unspecified atom stereocenters. The zero-order chi connectivity index (χ0) is 15.2. The standard InChI is InChI=1S/C17H16O4/c18-15-9-5-4-8-14(15)16(19)10-13(11-17(20)21)12-6-2-1-3-7-12/h1-9,13,18H,10-11H2,(H,20,21)/t13-/m1/s1. The number of hydrogen-bond acceptors (Lipinski definition) is 3. The number of carboxylic acid groups (broad SMARTS) is 1. The van der Waals surface area contributed by atoms with E-state index in [9.17, 15) is 14.7 Å². The number of carboxylic acids is 1. The molecule has 2 aromatic carbocycles. The van der Waals surface area contributed by atoms with Gasteiger partial charge in [-0.15, -0.1) is 0 Å². The number of rotatable bonds is 6. The van der Waals surface area contributed by atoms with Crippen molar-refractivity contribution >= 4 is 11.8 Å². The van der Waals surface area contributed by atoms with Gasteiger partial charge in [0.05, 0.1) is 12.0 Å². The molecule has 0 aliphatic heterocycles. The molecule has 0 saturated carbocycles. The molecule has 0 aromatic heterocycles. The molecule has 0 saturated heterocycles. The molecule has 4 heteroatoms. The number of aromatic hydroxyl groups is 1. The molecule has 1 atom stereocenters. The summed E-state index contributed by atoms with van der Waals surface area (Å²) in [5.41, 5.74) is 1.03. The van der Waals surface area contributed by atoms with E-state index in [0.717, 1.165) is 5.56 Å². The minimum atomic E-state index is -0.950. The minimum Gasteiger partial charge on any atom is -0.507 e. The summed E-state index contributed by atoms with van der Waals surface area (Å²) in [6, 6.07) is 15.4. The maximum atomic E-state index is 12.3. The van der Waals surface area contributed by atoms with E-state index in [1.807, 2.05) is 30.3 Å². The molecular formula is C17H16O4. The van der Waals surface area contributed by atoms with Crippen molar-refractivity contribution in [1.82, 2.24) is 0 Å². The van der Waals surface area contributed by atoms with E-state index in [2.05, 4.69) is 0 Å². The second-order valence-electron chi connectivity index (χ2n) is 4.85. The van der Waals surface area contributed by atoms with E-state index in [4.69, 9.17) is 5.11 Å². The van der Waals surface area contributed by atoms with Gasteiger partial charge in [-0.25, -0.2) is 0 Å². The number of aliphatic carboxylic acids is 1. The van der Waals surface area contributed by atoms with Crippen LogP contribution in [0.25, 0.3) is 0 Å². The van der Waals surface area contributed by atoms with Crippen LogP contribution in [0.1, 0.15) is 34.7 Å². The van der Waals surface area contributed by atoms with Crippen LogP contribution in [0.2, 0.25) is 0 Å². The van der Waals surface area contributed by atoms with E-state index in [-0.39, 0.29) is 29.9 Å². The number of carbonyl (C=O) groups excluding carboxylic acids is 1. The first-order valence-corrected chi connectivity index (χ1v) is 6.66. The zero-order valence-electron chi connectivity index (χ0n) is 11.4. The van der Waals surface area contributed by atoms with Crippen LogP contribution in [0.3, 0.4) is 0 Å². The van der Waals surface area contributed by atoms with Crippen molar-refractivity contribution in [3.05, 3.63) is 65.7 Å². The summed E-state index contributed by atoms with van der Waals surface area (Å²) in [6.07, 6.45) is -0.0722. The fourth-order valence-electron chi connectivity index (χ4n) is 2.29. The quantitative estimate of drug-likeness (QED) is 0.799. The maximum absolute atomic E-state index is 12.3. The largest absolute Gasteiger partial charge is 0.507 e. The Morgan fingerprint density at radius 1 is 0.905 bits per heavy atom. The fraction of sp³-hybridized carbons (Fsp3) is 0.176. The van der Waals surface area contributed by atoms with Crippen molar-refractivity contribution in [3.8, 4) is 5.75 Å². The molecule has 4 nitrogen and oxygen atoms in total. The molecule has 0 amide bonds. The van der Waals surface area contributed by atoms with E-state index < -0.39 is 11.9 Å². The molecule has 0 bridgehead atoms. The third kappa shape index (κ3) is 3.92. The van der Waals surface area contributed by atoms with Crippen molar-refractivity contribution in [2.45, 2.75) is 18.8 Å². The number of para-hydroxylation sites is 1. The third-order valence-corrected chi connectivity index (χ3v) is 3.33. The van der Waals surface area contributed by atoms with E-state index in [1.165, 1.54) is 6.07 Å². The second-order valence-corrected chi connectivity index (χ2v) is 4.85. The van der Waals surface area contributed by atoms with Crippen LogP contribution in [0.4, 0.5) is 0 Å². The van der Waals surface area contributed by atoms with Gasteiger partial charge in [0.15, 0.2) is 5.78 Å². The predicted octanol–water partition coefficient (Wildman–Crippen LogP) is 3.22. The topological polar surface area (TPSA) is 74.6 Å². The number of hydrogen-bond donors (Lipinski definition) is 2. The first-order valence-electron chi connectivity index (χ1n) is 6.66. The first-order chi connectivity index (χ1) is 10.1. The number of Topliss-reactive ketones (excluding diaryl/α,β-unsaturated/α-hetero) is 1. The van der Waals surface area contributed by atoms with Gasteiger partial charge in [-0.05, 0) is 17.7 Å². The molecule has 0 aliphatic rings. The van der Waals surface area contributed by atoms with Gasteiger partial charge in [0.1, 0.15) is 5.75 Å². The highest BCUT2D eigenvalue weighted by molar-refractivity contribution is 5.99. The van der Waals surface area contributed by atoms with Gasteiger partial charge >= 0.3 is 5.97 Å². The summed E-state index contributed by atoms with van der Waals surface area (Å²) in [5, 5.41) is 18.7. The van der Waals surface area contributed by atoms with Gasteiger partial charge in [-0.3, -0.25) is 9.59 Å². The first kappa shape index (κ1) is 14.8. The van der Waals surface area contributed by atoms with Crippen LogP contribution in [-0.4, -0.2) is 22.0 Å². The second kappa shape index (κ2) is 6.70. The zero-order valence-corrected chi connectivity index (χ0v) is 11.4. The highest BCUT2D eigenvalue weighted by Gasteiger charge is 2.21. The molecular weight excluding hydrogens is 268 g/mol. The van der Waals surface area contributed by atoms with E-state index in [1.54, 1.807) is 18.2 Å².